The molecule has 0 radical (unpaired) electrons. The molecule has 1 N–H and O–H groups in total. The summed E-state index contributed by atoms with van der Waals surface area (Å²) in [5.74, 6) is 0.685. The lowest BCUT2D eigenvalue weighted by molar-refractivity contribution is -0.122. The molecule has 1 atom stereocenters. The van der Waals surface area contributed by atoms with E-state index in [1.165, 1.54) is 21.8 Å². The number of rotatable bonds is 6. The third-order valence-electron chi connectivity index (χ3n) is 4.49. The predicted octanol–water partition coefficient (Wildman–Crippen LogP) is 1.65. The Morgan fingerprint density at radius 2 is 1.96 bits per heavy atom. The van der Waals surface area contributed by atoms with Crippen LogP contribution in [-0.4, -0.2) is 32.3 Å². The number of aryl methyl sites for hydroxylation is 1. The van der Waals surface area contributed by atoms with Gasteiger partial charge in [-0.3, -0.25) is 18.8 Å². The molecule has 1 amide bonds. The highest BCUT2D eigenvalue weighted by Crippen LogP contribution is 2.23. The highest BCUT2D eigenvalue weighted by atomic mass is 16.5. The first-order chi connectivity index (χ1) is 12.9. The van der Waals surface area contributed by atoms with Crippen LogP contribution in [-0.2, 0) is 18.4 Å². The average Bonchev–Trinajstić information content (AvgIpc) is 3.03. The molecule has 1 aromatic carbocycles. The van der Waals surface area contributed by atoms with E-state index < -0.39 is 0 Å². The number of ether oxygens (including phenoxy) is 1. The van der Waals surface area contributed by atoms with Gasteiger partial charge >= 0.3 is 0 Å². The van der Waals surface area contributed by atoms with Crippen molar-refractivity contribution in [2.75, 3.05) is 7.11 Å². The first kappa shape index (κ1) is 18.6. The zero-order valence-electron chi connectivity index (χ0n) is 15.8. The molecule has 0 aliphatic heterocycles. The number of hydrogen-bond donors (Lipinski definition) is 1. The SMILES string of the molecule is COc1ccc([C@H](NC(=O)Cn2cnc3c(cnn3C)c2=O)C(C)C)cc1. The van der Waals surface area contributed by atoms with Gasteiger partial charge in [0, 0.05) is 7.05 Å². The van der Waals surface area contributed by atoms with Crippen molar-refractivity contribution in [2.45, 2.75) is 26.4 Å². The van der Waals surface area contributed by atoms with Crippen LogP contribution in [0.5, 0.6) is 5.75 Å². The van der Waals surface area contributed by atoms with Gasteiger partial charge < -0.3 is 10.1 Å². The molecule has 2 heterocycles. The van der Waals surface area contributed by atoms with Crippen LogP contribution in [0.3, 0.4) is 0 Å². The number of benzene rings is 1. The van der Waals surface area contributed by atoms with Crippen LogP contribution in [0.4, 0.5) is 0 Å². The standard InChI is InChI=1S/C19H23N5O3/c1-12(2)17(13-5-7-14(27-4)8-6-13)22-16(25)10-24-11-20-18-15(19(24)26)9-21-23(18)3/h5-9,11-12,17H,10H2,1-4H3,(H,22,25)/t17-/m1/s1. The molecule has 27 heavy (non-hydrogen) atoms. The Bertz CT molecular complexity index is 1000. The summed E-state index contributed by atoms with van der Waals surface area (Å²) >= 11 is 0. The van der Waals surface area contributed by atoms with Crippen LogP contribution in [0.2, 0.25) is 0 Å². The fraction of sp³-hybridized carbons (Fsp3) is 0.368. The Kier molecular flexibility index (Phi) is 5.25. The maximum absolute atomic E-state index is 12.6. The molecular weight excluding hydrogens is 346 g/mol. The van der Waals surface area contributed by atoms with Crippen molar-refractivity contribution in [1.29, 1.82) is 0 Å². The van der Waals surface area contributed by atoms with Crippen molar-refractivity contribution in [1.82, 2.24) is 24.6 Å². The average molecular weight is 369 g/mol. The smallest absolute Gasteiger partial charge is 0.264 e. The van der Waals surface area contributed by atoms with Crippen molar-refractivity contribution >= 4 is 16.9 Å². The van der Waals surface area contributed by atoms with Crippen LogP contribution >= 0.6 is 0 Å². The van der Waals surface area contributed by atoms with Gasteiger partial charge in [0.05, 0.1) is 19.3 Å². The topological polar surface area (TPSA) is 91.0 Å². The number of nitrogens with one attached hydrogen (secondary N) is 1. The number of amides is 1. The van der Waals surface area contributed by atoms with E-state index in [1.807, 2.05) is 38.1 Å². The fourth-order valence-electron chi connectivity index (χ4n) is 3.00. The van der Waals surface area contributed by atoms with Gasteiger partial charge in [-0.15, -0.1) is 0 Å². The Morgan fingerprint density at radius 3 is 2.59 bits per heavy atom. The van der Waals surface area contributed by atoms with Gasteiger partial charge in [0.25, 0.3) is 5.56 Å². The highest BCUT2D eigenvalue weighted by Gasteiger charge is 2.19. The molecular formula is C19H23N5O3. The molecule has 0 fully saturated rings. The van der Waals surface area contributed by atoms with E-state index >= 15 is 0 Å². The van der Waals surface area contributed by atoms with E-state index in [2.05, 4.69) is 15.4 Å². The third-order valence-corrected chi connectivity index (χ3v) is 4.49. The first-order valence-electron chi connectivity index (χ1n) is 8.71. The molecule has 0 saturated carbocycles. The summed E-state index contributed by atoms with van der Waals surface area (Å²) in [5, 5.41) is 7.44. The number of carbonyl (C=O) groups excluding carboxylic acids is 1. The summed E-state index contributed by atoms with van der Waals surface area (Å²) < 4.78 is 8.00. The Hall–Kier alpha value is -3.16. The van der Waals surface area contributed by atoms with Crippen LogP contribution in [0.1, 0.15) is 25.5 Å². The second kappa shape index (κ2) is 7.61. The van der Waals surface area contributed by atoms with E-state index in [1.54, 1.807) is 14.2 Å². The number of fused-ring (bicyclic) bond motifs is 1. The number of nitrogens with zero attached hydrogens (tertiary/aromatic N) is 4. The molecule has 0 saturated heterocycles. The van der Waals surface area contributed by atoms with E-state index in [0.29, 0.717) is 11.0 Å². The van der Waals surface area contributed by atoms with E-state index in [9.17, 15) is 9.59 Å². The molecule has 3 rings (SSSR count). The predicted molar refractivity (Wildman–Crippen MR) is 101 cm³/mol. The lowest BCUT2D eigenvalue weighted by Crippen LogP contribution is -2.36. The Balaban J connectivity index is 1.78. The van der Waals surface area contributed by atoms with Gasteiger partial charge in [-0.25, -0.2) is 4.98 Å². The van der Waals surface area contributed by atoms with Gasteiger partial charge in [0.15, 0.2) is 5.65 Å². The number of aromatic nitrogens is 4. The maximum atomic E-state index is 12.6. The summed E-state index contributed by atoms with van der Waals surface area (Å²) in [7, 11) is 3.33. The van der Waals surface area contributed by atoms with Gasteiger partial charge in [-0.05, 0) is 23.6 Å². The summed E-state index contributed by atoms with van der Waals surface area (Å²) in [6.07, 6.45) is 2.84. The van der Waals surface area contributed by atoms with E-state index in [-0.39, 0.29) is 30.0 Å². The zero-order valence-corrected chi connectivity index (χ0v) is 15.8. The minimum Gasteiger partial charge on any atom is -0.497 e. The normalized spacial score (nSPS) is 12.3. The van der Waals surface area contributed by atoms with Gasteiger partial charge in [0.1, 0.15) is 24.0 Å². The minimum absolute atomic E-state index is 0.101. The molecule has 0 spiro atoms. The number of hydrogen-bond acceptors (Lipinski definition) is 5. The summed E-state index contributed by atoms with van der Waals surface area (Å²) in [4.78, 5) is 29.3. The molecule has 0 unspecified atom stereocenters. The molecule has 2 aromatic heterocycles. The molecule has 142 valence electrons. The molecule has 0 aliphatic rings. The van der Waals surface area contributed by atoms with Gasteiger partial charge in [-0.2, -0.15) is 5.10 Å². The quantitative estimate of drug-likeness (QED) is 0.713. The van der Waals surface area contributed by atoms with E-state index in [4.69, 9.17) is 4.74 Å². The van der Waals surface area contributed by atoms with Crippen molar-refractivity contribution < 1.29 is 9.53 Å². The largest absolute Gasteiger partial charge is 0.497 e. The molecule has 0 aliphatic carbocycles. The van der Waals surface area contributed by atoms with Crippen molar-refractivity contribution in [3.05, 3.63) is 52.7 Å². The third kappa shape index (κ3) is 3.84. The highest BCUT2D eigenvalue weighted by molar-refractivity contribution is 5.77. The second-order valence-corrected chi connectivity index (χ2v) is 6.75. The first-order valence-corrected chi connectivity index (χ1v) is 8.71. The van der Waals surface area contributed by atoms with E-state index in [0.717, 1.165) is 11.3 Å². The molecule has 3 aromatic rings. The van der Waals surface area contributed by atoms with Crippen molar-refractivity contribution in [2.24, 2.45) is 13.0 Å². The Labute approximate surface area is 156 Å². The minimum atomic E-state index is -0.284. The Morgan fingerprint density at radius 1 is 1.26 bits per heavy atom. The van der Waals surface area contributed by atoms with Crippen LogP contribution < -0.4 is 15.6 Å². The second-order valence-electron chi connectivity index (χ2n) is 6.75. The monoisotopic (exact) mass is 369 g/mol. The number of carbonyl (C=O) groups is 1. The molecule has 8 heteroatoms. The van der Waals surface area contributed by atoms with Crippen LogP contribution in [0.25, 0.3) is 11.0 Å². The summed E-state index contributed by atoms with van der Waals surface area (Å²) in [5.41, 5.74) is 1.19. The van der Waals surface area contributed by atoms with Crippen molar-refractivity contribution in [3.8, 4) is 5.75 Å². The van der Waals surface area contributed by atoms with Crippen molar-refractivity contribution in [3.63, 3.8) is 0 Å². The molecule has 8 nitrogen and oxygen atoms in total. The van der Waals surface area contributed by atoms with Crippen LogP contribution in [0.15, 0.2) is 41.6 Å². The molecule has 0 bridgehead atoms. The zero-order chi connectivity index (χ0) is 19.6. The lowest BCUT2D eigenvalue weighted by atomic mass is 9.96. The lowest BCUT2D eigenvalue weighted by Gasteiger charge is -2.23. The fourth-order valence-corrected chi connectivity index (χ4v) is 3.00. The summed E-state index contributed by atoms with van der Waals surface area (Å²) in [6, 6.07) is 7.41. The number of methoxy groups -OCH3 is 1. The van der Waals surface area contributed by atoms with Gasteiger partial charge in [0.2, 0.25) is 5.91 Å². The summed E-state index contributed by atoms with van der Waals surface area (Å²) in [6.45, 7) is 3.96. The van der Waals surface area contributed by atoms with Gasteiger partial charge in [-0.1, -0.05) is 26.0 Å². The van der Waals surface area contributed by atoms with Crippen LogP contribution in [0, 0.1) is 5.92 Å². The maximum Gasteiger partial charge on any atom is 0.264 e.